The van der Waals surface area contributed by atoms with E-state index in [1.165, 1.54) is 0 Å². The minimum Gasteiger partial charge on any atom is -0.367 e. The van der Waals surface area contributed by atoms with Crippen molar-refractivity contribution >= 4 is 17.3 Å². The lowest BCUT2D eigenvalue weighted by Crippen LogP contribution is -2.42. The average Bonchev–Trinajstić information content (AvgIpc) is 2.35. The predicted molar refractivity (Wildman–Crippen MR) is 75.7 cm³/mol. The molecule has 0 heterocycles. The van der Waals surface area contributed by atoms with E-state index in [1.807, 2.05) is 24.3 Å². The summed E-state index contributed by atoms with van der Waals surface area (Å²) in [5, 5.41) is 13.6. The molecule has 0 atom stereocenters. The van der Waals surface area contributed by atoms with E-state index >= 15 is 0 Å². The summed E-state index contributed by atoms with van der Waals surface area (Å²) < 4.78 is 0. The summed E-state index contributed by atoms with van der Waals surface area (Å²) in [6.07, 6.45) is 3.97. The fourth-order valence-electron chi connectivity index (χ4n) is 2.43. The lowest BCUT2D eigenvalue weighted by atomic mass is 9.70. The number of hydrogen-bond donors (Lipinski definition) is 1. The third-order valence-corrected chi connectivity index (χ3v) is 4.15. The van der Waals surface area contributed by atoms with Crippen molar-refractivity contribution in [2.24, 2.45) is 5.41 Å². The number of benzene rings is 1. The number of nitrogens with zero attached hydrogens (tertiary/aromatic N) is 1. The summed E-state index contributed by atoms with van der Waals surface area (Å²) in [5.74, 6) is 0. The van der Waals surface area contributed by atoms with Crippen LogP contribution in [0, 0.1) is 16.7 Å². The maximum absolute atomic E-state index is 9.49. The Balaban J connectivity index is 2.11. The molecule has 1 aromatic rings. The molecule has 0 aromatic heterocycles. The molecule has 0 saturated heterocycles. The Hall–Kier alpha value is -1.20. The van der Waals surface area contributed by atoms with Gasteiger partial charge in [0.1, 0.15) is 5.54 Å². The zero-order valence-electron chi connectivity index (χ0n) is 11.0. The van der Waals surface area contributed by atoms with Gasteiger partial charge in [-0.1, -0.05) is 25.4 Å². The van der Waals surface area contributed by atoms with E-state index in [1.54, 1.807) is 0 Å². The minimum atomic E-state index is -0.413. The van der Waals surface area contributed by atoms with Gasteiger partial charge in [-0.2, -0.15) is 5.26 Å². The minimum absolute atomic E-state index is 0.363. The number of halogens is 1. The van der Waals surface area contributed by atoms with E-state index in [2.05, 4.69) is 25.2 Å². The molecule has 3 heteroatoms. The standard InChI is InChI=1S/C15H19ClN2/c1-14(2)7-9-15(11-17,10-8-14)18-13-5-3-12(16)4-6-13/h3-6,18H,7-10H2,1-2H3. The third kappa shape index (κ3) is 2.97. The first-order valence-corrected chi connectivity index (χ1v) is 6.78. The molecule has 1 aliphatic carbocycles. The van der Waals surface area contributed by atoms with E-state index in [0.29, 0.717) is 5.41 Å². The molecule has 0 unspecified atom stereocenters. The number of rotatable bonds is 2. The number of nitrogens with one attached hydrogen (secondary N) is 1. The molecular formula is C15H19ClN2. The quantitative estimate of drug-likeness (QED) is 0.845. The first kappa shape index (κ1) is 13.2. The van der Waals surface area contributed by atoms with E-state index in [9.17, 15) is 5.26 Å². The van der Waals surface area contributed by atoms with Crippen LogP contribution in [-0.2, 0) is 0 Å². The monoisotopic (exact) mass is 262 g/mol. The van der Waals surface area contributed by atoms with Crippen molar-refractivity contribution in [3.05, 3.63) is 29.3 Å². The first-order valence-electron chi connectivity index (χ1n) is 6.40. The van der Waals surface area contributed by atoms with Crippen LogP contribution in [0.25, 0.3) is 0 Å². The van der Waals surface area contributed by atoms with Crippen LogP contribution in [0.15, 0.2) is 24.3 Å². The van der Waals surface area contributed by atoms with Crippen molar-refractivity contribution in [1.82, 2.24) is 0 Å². The molecule has 0 spiro atoms. The van der Waals surface area contributed by atoms with Gasteiger partial charge in [-0.25, -0.2) is 0 Å². The van der Waals surface area contributed by atoms with Crippen LogP contribution in [-0.4, -0.2) is 5.54 Å². The van der Waals surface area contributed by atoms with Crippen LogP contribution >= 0.6 is 11.6 Å². The lowest BCUT2D eigenvalue weighted by molar-refractivity contribution is 0.206. The van der Waals surface area contributed by atoms with Gasteiger partial charge in [0.05, 0.1) is 6.07 Å². The maximum Gasteiger partial charge on any atom is 0.125 e. The molecular weight excluding hydrogens is 244 g/mol. The Morgan fingerprint density at radius 3 is 2.17 bits per heavy atom. The van der Waals surface area contributed by atoms with Crippen molar-refractivity contribution in [2.75, 3.05) is 5.32 Å². The van der Waals surface area contributed by atoms with Gasteiger partial charge < -0.3 is 5.32 Å². The van der Waals surface area contributed by atoms with Crippen LogP contribution in [0.2, 0.25) is 5.02 Å². The van der Waals surface area contributed by atoms with E-state index in [4.69, 9.17) is 11.6 Å². The summed E-state index contributed by atoms with van der Waals surface area (Å²) in [6, 6.07) is 10.0. The molecule has 1 fully saturated rings. The molecule has 0 aliphatic heterocycles. The van der Waals surface area contributed by atoms with E-state index in [-0.39, 0.29) is 0 Å². The summed E-state index contributed by atoms with van der Waals surface area (Å²) >= 11 is 5.87. The smallest absolute Gasteiger partial charge is 0.125 e. The van der Waals surface area contributed by atoms with Gasteiger partial charge in [0.15, 0.2) is 0 Å². The Labute approximate surface area is 114 Å². The number of anilines is 1. The third-order valence-electron chi connectivity index (χ3n) is 3.90. The van der Waals surface area contributed by atoms with Gasteiger partial charge in [-0.3, -0.25) is 0 Å². The van der Waals surface area contributed by atoms with Crippen molar-refractivity contribution in [3.8, 4) is 6.07 Å². The van der Waals surface area contributed by atoms with Gasteiger partial charge in [0, 0.05) is 10.7 Å². The fourth-order valence-corrected chi connectivity index (χ4v) is 2.55. The molecule has 18 heavy (non-hydrogen) atoms. The normalized spacial score (nSPS) is 21.0. The van der Waals surface area contributed by atoms with Crippen LogP contribution < -0.4 is 5.32 Å². The highest BCUT2D eigenvalue weighted by Gasteiger charge is 2.38. The summed E-state index contributed by atoms with van der Waals surface area (Å²) in [4.78, 5) is 0. The Morgan fingerprint density at radius 1 is 1.11 bits per heavy atom. The first-order chi connectivity index (χ1) is 8.45. The SMILES string of the molecule is CC1(C)CCC(C#N)(Nc2ccc(Cl)cc2)CC1. The van der Waals surface area contributed by atoms with Crippen LogP contribution in [0.1, 0.15) is 39.5 Å². The van der Waals surface area contributed by atoms with Crippen molar-refractivity contribution < 1.29 is 0 Å². The molecule has 1 aromatic carbocycles. The fraction of sp³-hybridized carbons (Fsp3) is 0.533. The molecule has 96 valence electrons. The molecule has 0 radical (unpaired) electrons. The van der Waals surface area contributed by atoms with E-state index < -0.39 is 5.54 Å². The number of nitriles is 1. The summed E-state index contributed by atoms with van der Waals surface area (Å²) in [6.45, 7) is 4.55. The van der Waals surface area contributed by atoms with Crippen LogP contribution in [0.4, 0.5) is 5.69 Å². The Morgan fingerprint density at radius 2 is 1.67 bits per heavy atom. The van der Waals surface area contributed by atoms with Crippen LogP contribution in [0.5, 0.6) is 0 Å². The highest BCUT2D eigenvalue weighted by Crippen LogP contribution is 2.41. The maximum atomic E-state index is 9.49. The van der Waals surface area contributed by atoms with Gasteiger partial charge in [0.2, 0.25) is 0 Å². The summed E-state index contributed by atoms with van der Waals surface area (Å²) in [5.41, 5.74) is 0.923. The van der Waals surface area contributed by atoms with Crippen molar-refractivity contribution in [2.45, 2.75) is 45.1 Å². The van der Waals surface area contributed by atoms with Gasteiger partial charge in [-0.15, -0.1) is 0 Å². The van der Waals surface area contributed by atoms with E-state index in [0.717, 1.165) is 36.4 Å². The largest absolute Gasteiger partial charge is 0.367 e. The average molecular weight is 263 g/mol. The Kier molecular flexibility index (Phi) is 3.54. The second kappa shape index (κ2) is 4.82. The molecule has 0 amide bonds. The second-order valence-electron chi connectivity index (χ2n) is 5.99. The van der Waals surface area contributed by atoms with Gasteiger partial charge in [-0.05, 0) is 55.4 Å². The van der Waals surface area contributed by atoms with Gasteiger partial charge >= 0.3 is 0 Å². The van der Waals surface area contributed by atoms with Crippen molar-refractivity contribution in [3.63, 3.8) is 0 Å². The predicted octanol–water partition coefficient (Wildman–Crippen LogP) is 4.61. The summed E-state index contributed by atoms with van der Waals surface area (Å²) in [7, 11) is 0. The van der Waals surface area contributed by atoms with Crippen LogP contribution in [0.3, 0.4) is 0 Å². The molecule has 1 saturated carbocycles. The molecule has 2 nitrogen and oxygen atoms in total. The molecule has 1 aliphatic rings. The highest BCUT2D eigenvalue weighted by atomic mass is 35.5. The lowest BCUT2D eigenvalue weighted by Gasteiger charge is -2.40. The Bertz CT molecular complexity index is 446. The van der Waals surface area contributed by atoms with Crippen molar-refractivity contribution in [1.29, 1.82) is 5.26 Å². The highest BCUT2D eigenvalue weighted by molar-refractivity contribution is 6.30. The second-order valence-corrected chi connectivity index (χ2v) is 6.43. The zero-order valence-corrected chi connectivity index (χ0v) is 11.7. The van der Waals surface area contributed by atoms with Gasteiger partial charge in [0.25, 0.3) is 0 Å². The molecule has 2 rings (SSSR count). The number of hydrogen-bond acceptors (Lipinski definition) is 2. The zero-order chi connectivity index (χ0) is 13.2. The topological polar surface area (TPSA) is 35.8 Å². The molecule has 0 bridgehead atoms. The molecule has 1 N–H and O–H groups in total.